The Hall–Kier alpha value is -3.18. The maximum Gasteiger partial charge on any atom is 0.231 e. The molecular weight excluding hydrogens is 420 g/mol. The second-order valence-electron chi connectivity index (χ2n) is 6.23. The monoisotopic (exact) mass is 434 g/mol. The lowest BCUT2D eigenvalue weighted by atomic mass is 10.1. The number of carbonyl (C=O) groups excluding carboxylic acids is 2. The Morgan fingerprint density at radius 2 is 1.82 bits per heavy atom. The van der Waals surface area contributed by atoms with E-state index in [4.69, 9.17) is 9.47 Å². The Bertz CT molecular complexity index is 1090. The lowest BCUT2D eigenvalue weighted by Gasteiger charge is -2.06. The highest BCUT2D eigenvalue weighted by molar-refractivity contribution is 9.10. The molecule has 1 aliphatic heterocycles. The summed E-state index contributed by atoms with van der Waals surface area (Å²) in [6.45, 7) is -0.0858. The maximum absolute atomic E-state index is 12.5. The summed E-state index contributed by atoms with van der Waals surface area (Å²) in [6, 6.07) is 21.5. The second-order valence-corrected chi connectivity index (χ2v) is 7.15. The van der Waals surface area contributed by atoms with E-state index in [2.05, 4.69) is 15.9 Å². The van der Waals surface area contributed by atoms with E-state index in [9.17, 15) is 9.59 Å². The van der Waals surface area contributed by atoms with Crippen LogP contribution in [0.25, 0.3) is 6.08 Å². The summed E-state index contributed by atoms with van der Waals surface area (Å²) >= 11 is 3.41. The standard InChI is InChI=1S/C23H15BrO4/c24-17-8-4-5-15(11-17)12-22-23(26)19-10-9-18(13-21(19)28-22)27-14-20(25)16-6-2-1-3-7-16/h1-13H,14H2. The van der Waals surface area contributed by atoms with Gasteiger partial charge in [-0.2, -0.15) is 0 Å². The molecular formula is C23H15BrO4. The number of Topliss-reactive ketones (excluding diaryl/α,β-unsaturated/α-hetero) is 2. The van der Waals surface area contributed by atoms with Gasteiger partial charge in [-0.05, 0) is 35.9 Å². The smallest absolute Gasteiger partial charge is 0.231 e. The summed E-state index contributed by atoms with van der Waals surface area (Å²) in [4.78, 5) is 24.7. The highest BCUT2D eigenvalue weighted by Gasteiger charge is 2.27. The van der Waals surface area contributed by atoms with Gasteiger partial charge in [0.15, 0.2) is 18.1 Å². The molecule has 0 bridgehead atoms. The molecule has 3 aromatic rings. The third-order valence-corrected chi connectivity index (χ3v) is 4.75. The van der Waals surface area contributed by atoms with Gasteiger partial charge in [-0.15, -0.1) is 0 Å². The summed E-state index contributed by atoms with van der Waals surface area (Å²) in [5, 5.41) is 0. The molecule has 0 N–H and O–H groups in total. The number of fused-ring (bicyclic) bond motifs is 1. The van der Waals surface area contributed by atoms with Crippen molar-refractivity contribution in [3.8, 4) is 11.5 Å². The van der Waals surface area contributed by atoms with Gasteiger partial charge >= 0.3 is 0 Å². The van der Waals surface area contributed by atoms with Gasteiger partial charge in [-0.25, -0.2) is 0 Å². The number of benzene rings is 3. The molecule has 4 rings (SSSR count). The highest BCUT2D eigenvalue weighted by atomic mass is 79.9. The van der Waals surface area contributed by atoms with Crippen LogP contribution in [-0.4, -0.2) is 18.2 Å². The first kappa shape index (κ1) is 18.2. The molecule has 28 heavy (non-hydrogen) atoms. The summed E-state index contributed by atoms with van der Waals surface area (Å²) in [5.74, 6) is 0.858. The molecule has 0 unspecified atom stereocenters. The number of rotatable bonds is 5. The Kier molecular flexibility index (Phi) is 5.08. The van der Waals surface area contributed by atoms with Crippen molar-refractivity contribution in [1.29, 1.82) is 0 Å². The fourth-order valence-corrected chi connectivity index (χ4v) is 3.28. The number of hydrogen-bond donors (Lipinski definition) is 0. The molecule has 0 spiro atoms. The molecule has 1 heterocycles. The second kappa shape index (κ2) is 7.82. The zero-order chi connectivity index (χ0) is 19.5. The fourth-order valence-electron chi connectivity index (χ4n) is 2.86. The molecule has 0 aromatic heterocycles. The van der Waals surface area contributed by atoms with Crippen LogP contribution in [0, 0.1) is 0 Å². The van der Waals surface area contributed by atoms with Gasteiger partial charge in [0.2, 0.25) is 5.78 Å². The molecule has 0 aliphatic carbocycles. The van der Waals surface area contributed by atoms with Crippen molar-refractivity contribution in [2.45, 2.75) is 0 Å². The van der Waals surface area contributed by atoms with Crippen molar-refractivity contribution >= 4 is 33.6 Å². The van der Waals surface area contributed by atoms with Crippen LogP contribution >= 0.6 is 15.9 Å². The van der Waals surface area contributed by atoms with Crippen molar-refractivity contribution in [1.82, 2.24) is 0 Å². The van der Waals surface area contributed by atoms with Crippen LogP contribution in [-0.2, 0) is 0 Å². The van der Waals surface area contributed by atoms with Crippen LogP contribution in [0.3, 0.4) is 0 Å². The summed E-state index contributed by atoms with van der Waals surface area (Å²) < 4.78 is 12.2. The number of allylic oxidation sites excluding steroid dienone is 1. The Labute approximate surface area is 170 Å². The van der Waals surface area contributed by atoms with Crippen LogP contribution in [0.15, 0.2) is 83.0 Å². The van der Waals surface area contributed by atoms with E-state index in [1.54, 1.807) is 48.5 Å². The minimum Gasteiger partial charge on any atom is -0.485 e. The SMILES string of the molecule is O=C(COc1ccc2c(c1)OC(=Cc1cccc(Br)c1)C2=O)c1ccccc1. The van der Waals surface area contributed by atoms with Crippen LogP contribution in [0.5, 0.6) is 11.5 Å². The van der Waals surface area contributed by atoms with Gasteiger partial charge in [0.1, 0.15) is 11.5 Å². The van der Waals surface area contributed by atoms with Gasteiger partial charge < -0.3 is 9.47 Å². The van der Waals surface area contributed by atoms with Crippen LogP contribution in [0.1, 0.15) is 26.3 Å². The zero-order valence-electron chi connectivity index (χ0n) is 14.7. The maximum atomic E-state index is 12.5. The Balaban J connectivity index is 1.49. The van der Waals surface area contributed by atoms with Crippen molar-refractivity contribution in [2.75, 3.05) is 6.61 Å². The van der Waals surface area contributed by atoms with E-state index >= 15 is 0 Å². The average Bonchev–Trinajstić information content (AvgIpc) is 3.01. The molecule has 0 saturated carbocycles. The molecule has 0 radical (unpaired) electrons. The van der Waals surface area contributed by atoms with Gasteiger partial charge in [-0.1, -0.05) is 58.4 Å². The van der Waals surface area contributed by atoms with Gasteiger partial charge in [0.05, 0.1) is 5.56 Å². The lowest BCUT2D eigenvalue weighted by molar-refractivity contribution is 0.0921. The molecule has 1 aliphatic rings. The van der Waals surface area contributed by atoms with Gasteiger partial charge in [0, 0.05) is 16.1 Å². The van der Waals surface area contributed by atoms with Crippen LogP contribution in [0.2, 0.25) is 0 Å². The number of ketones is 2. The summed E-state index contributed by atoms with van der Waals surface area (Å²) in [6.07, 6.45) is 1.70. The summed E-state index contributed by atoms with van der Waals surface area (Å²) in [7, 11) is 0. The van der Waals surface area contributed by atoms with Crippen molar-refractivity contribution < 1.29 is 19.1 Å². The minimum absolute atomic E-state index is 0.0858. The fraction of sp³-hybridized carbons (Fsp3) is 0.0435. The quantitative estimate of drug-likeness (QED) is 0.402. The largest absolute Gasteiger partial charge is 0.485 e. The molecule has 0 atom stereocenters. The average molecular weight is 435 g/mol. The van der Waals surface area contributed by atoms with E-state index in [-0.39, 0.29) is 23.9 Å². The Morgan fingerprint density at radius 3 is 2.61 bits per heavy atom. The zero-order valence-corrected chi connectivity index (χ0v) is 16.3. The number of halogens is 1. The molecule has 3 aromatic carbocycles. The molecule has 0 saturated heterocycles. The first-order valence-electron chi connectivity index (χ1n) is 8.65. The van der Waals surface area contributed by atoms with E-state index in [0.29, 0.717) is 22.6 Å². The highest BCUT2D eigenvalue weighted by Crippen LogP contribution is 2.35. The Morgan fingerprint density at radius 1 is 1.00 bits per heavy atom. The minimum atomic E-state index is -0.179. The van der Waals surface area contributed by atoms with E-state index in [0.717, 1.165) is 10.0 Å². The van der Waals surface area contributed by atoms with Crippen molar-refractivity contribution in [2.24, 2.45) is 0 Å². The first-order chi connectivity index (χ1) is 13.6. The van der Waals surface area contributed by atoms with Crippen LogP contribution < -0.4 is 9.47 Å². The molecule has 138 valence electrons. The van der Waals surface area contributed by atoms with Crippen LogP contribution in [0.4, 0.5) is 0 Å². The number of ether oxygens (including phenoxy) is 2. The summed E-state index contributed by atoms with van der Waals surface area (Å²) in [5.41, 5.74) is 1.92. The normalized spacial score (nSPS) is 13.9. The van der Waals surface area contributed by atoms with Gasteiger partial charge in [0.25, 0.3) is 0 Å². The molecule has 4 nitrogen and oxygen atoms in total. The number of carbonyl (C=O) groups is 2. The molecule has 0 amide bonds. The third kappa shape index (κ3) is 3.89. The van der Waals surface area contributed by atoms with Crippen molar-refractivity contribution in [3.05, 3.63) is 99.7 Å². The van der Waals surface area contributed by atoms with E-state index in [1.807, 2.05) is 30.3 Å². The van der Waals surface area contributed by atoms with Crippen molar-refractivity contribution in [3.63, 3.8) is 0 Å². The molecule has 0 fully saturated rings. The van der Waals surface area contributed by atoms with E-state index in [1.165, 1.54) is 0 Å². The predicted molar refractivity (Wildman–Crippen MR) is 110 cm³/mol. The topological polar surface area (TPSA) is 52.6 Å². The predicted octanol–water partition coefficient (Wildman–Crippen LogP) is 5.33. The first-order valence-corrected chi connectivity index (χ1v) is 9.44. The number of hydrogen-bond acceptors (Lipinski definition) is 4. The van der Waals surface area contributed by atoms with E-state index < -0.39 is 0 Å². The lowest BCUT2D eigenvalue weighted by Crippen LogP contribution is -2.11. The third-order valence-electron chi connectivity index (χ3n) is 4.25. The van der Waals surface area contributed by atoms with Gasteiger partial charge in [-0.3, -0.25) is 9.59 Å². The molecule has 5 heteroatoms.